The average molecular weight is 273 g/mol. The molecule has 2 aromatic heterocycles. The smallest absolute Gasteiger partial charge is 0.257 e. The van der Waals surface area contributed by atoms with E-state index >= 15 is 0 Å². The van der Waals surface area contributed by atoms with Gasteiger partial charge >= 0.3 is 0 Å². The number of aromatic nitrogens is 5. The van der Waals surface area contributed by atoms with Gasteiger partial charge in [-0.05, 0) is 24.8 Å². The molecule has 0 spiro atoms. The van der Waals surface area contributed by atoms with E-state index in [2.05, 4.69) is 37.6 Å². The van der Waals surface area contributed by atoms with E-state index in [0.29, 0.717) is 29.8 Å². The maximum absolute atomic E-state index is 4.45. The van der Waals surface area contributed by atoms with Crippen molar-refractivity contribution in [1.29, 1.82) is 0 Å². The van der Waals surface area contributed by atoms with E-state index in [-0.39, 0.29) is 0 Å². The third-order valence-corrected chi connectivity index (χ3v) is 3.73. The zero-order valence-corrected chi connectivity index (χ0v) is 11.7. The first-order valence-electron chi connectivity index (χ1n) is 6.96. The van der Waals surface area contributed by atoms with Gasteiger partial charge in [0.1, 0.15) is 0 Å². The van der Waals surface area contributed by atoms with Gasteiger partial charge in [0.05, 0.1) is 0 Å². The summed E-state index contributed by atoms with van der Waals surface area (Å²) in [6.07, 6.45) is 7.20. The van der Waals surface area contributed by atoms with Gasteiger partial charge < -0.3 is 10.6 Å². The zero-order valence-electron chi connectivity index (χ0n) is 11.7. The molecule has 0 bridgehead atoms. The Bertz CT molecular complexity index is 566. The molecule has 7 heteroatoms. The van der Waals surface area contributed by atoms with Gasteiger partial charge in [0.15, 0.2) is 0 Å². The molecule has 2 aromatic rings. The minimum Gasteiger partial charge on any atom is -0.357 e. The van der Waals surface area contributed by atoms with Crippen LogP contribution in [0.5, 0.6) is 0 Å². The molecule has 2 unspecified atom stereocenters. The van der Waals surface area contributed by atoms with Crippen molar-refractivity contribution >= 4 is 11.9 Å². The fourth-order valence-electron chi connectivity index (χ4n) is 2.56. The van der Waals surface area contributed by atoms with Crippen molar-refractivity contribution in [3.05, 3.63) is 18.5 Å². The molecule has 20 heavy (non-hydrogen) atoms. The monoisotopic (exact) mass is 273 g/mol. The maximum Gasteiger partial charge on any atom is 0.257 e. The van der Waals surface area contributed by atoms with Crippen LogP contribution in [0, 0.1) is 5.92 Å². The molecule has 106 valence electrons. The lowest BCUT2D eigenvalue weighted by molar-refractivity contribution is 0.552. The summed E-state index contributed by atoms with van der Waals surface area (Å²) in [4.78, 5) is 13.1. The summed E-state index contributed by atoms with van der Waals surface area (Å²) in [5, 5.41) is 10.5. The predicted molar refractivity (Wildman–Crippen MR) is 76.9 cm³/mol. The fourth-order valence-corrected chi connectivity index (χ4v) is 2.56. The SMILES string of the molecule is CNc1nc(NC2CCCC2C)nc(-n2cccn2)n1. The lowest BCUT2D eigenvalue weighted by Crippen LogP contribution is -2.24. The third kappa shape index (κ3) is 2.56. The van der Waals surface area contributed by atoms with E-state index < -0.39 is 0 Å². The van der Waals surface area contributed by atoms with Crippen molar-refractivity contribution in [3.63, 3.8) is 0 Å². The van der Waals surface area contributed by atoms with Crippen LogP contribution in [-0.2, 0) is 0 Å². The Kier molecular flexibility index (Phi) is 3.49. The van der Waals surface area contributed by atoms with E-state index in [1.54, 1.807) is 17.9 Å². The third-order valence-electron chi connectivity index (χ3n) is 3.73. The molecule has 1 fully saturated rings. The number of nitrogens with one attached hydrogen (secondary N) is 2. The van der Waals surface area contributed by atoms with Crippen molar-refractivity contribution in [2.45, 2.75) is 32.2 Å². The maximum atomic E-state index is 4.45. The molecule has 0 saturated heterocycles. The van der Waals surface area contributed by atoms with Crippen molar-refractivity contribution in [1.82, 2.24) is 24.7 Å². The highest BCUT2D eigenvalue weighted by Crippen LogP contribution is 2.27. The molecule has 1 aliphatic carbocycles. The Balaban J connectivity index is 1.88. The van der Waals surface area contributed by atoms with E-state index in [1.165, 1.54) is 19.3 Å². The van der Waals surface area contributed by atoms with Crippen LogP contribution in [0.4, 0.5) is 11.9 Å². The van der Waals surface area contributed by atoms with Gasteiger partial charge in [-0.2, -0.15) is 20.1 Å². The van der Waals surface area contributed by atoms with Gasteiger partial charge in [-0.1, -0.05) is 13.3 Å². The second-order valence-corrected chi connectivity index (χ2v) is 5.14. The van der Waals surface area contributed by atoms with Gasteiger partial charge in [-0.3, -0.25) is 0 Å². The molecule has 0 radical (unpaired) electrons. The first-order valence-corrected chi connectivity index (χ1v) is 6.96. The van der Waals surface area contributed by atoms with Crippen LogP contribution in [0.25, 0.3) is 5.95 Å². The Hall–Kier alpha value is -2.18. The highest BCUT2D eigenvalue weighted by molar-refractivity contribution is 5.38. The van der Waals surface area contributed by atoms with Crippen LogP contribution in [0.3, 0.4) is 0 Å². The van der Waals surface area contributed by atoms with Crippen molar-refractivity contribution < 1.29 is 0 Å². The summed E-state index contributed by atoms with van der Waals surface area (Å²) in [5.41, 5.74) is 0. The quantitative estimate of drug-likeness (QED) is 0.882. The second kappa shape index (κ2) is 5.44. The van der Waals surface area contributed by atoms with Crippen LogP contribution < -0.4 is 10.6 Å². The number of rotatable bonds is 4. The van der Waals surface area contributed by atoms with Gasteiger partial charge in [0.25, 0.3) is 5.95 Å². The molecule has 2 atom stereocenters. The Morgan fingerprint density at radius 3 is 2.70 bits per heavy atom. The topological polar surface area (TPSA) is 80.5 Å². The van der Waals surface area contributed by atoms with E-state index in [0.717, 1.165) is 0 Å². The minimum atomic E-state index is 0.438. The summed E-state index contributed by atoms with van der Waals surface area (Å²) < 4.78 is 1.63. The van der Waals surface area contributed by atoms with Gasteiger partial charge in [-0.25, -0.2) is 4.68 Å². The molecule has 7 nitrogen and oxygen atoms in total. The number of nitrogens with zero attached hydrogens (tertiary/aromatic N) is 5. The molecule has 0 amide bonds. The summed E-state index contributed by atoms with van der Waals surface area (Å²) in [5.74, 6) is 2.31. The van der Waals surface area contributed by atoms with Gasteiger partial charge in [-0.15, -0.1) is 0 Å². The highest BCUT2D eigenvalue weighted by atomic mass is 15.4. The molecule has 1 saturated carbocycles. The lowest BCUT2D eigenvalue weighted by atomic mass is 10.1. The first-order chi connectivity index (χ1) is 9.76. The summed E-state index contributed by atoms with van der Waals surface area (Å²) in [6.45, 7) is 2.26. The van der Waals surface area contributed by atoms with Crippen LogP contribution in [0.1, 0.15) is 26.2 Å². The number of hydrogen-bond acceptors (Lipinski definition) is 6. The largest absolute Gasteiger partial charge is 0.357 e. The molecule has 0 aliphatic heterocycles. The average Bonchev–Trinajstić information content (AvgIpc) is 3.11. The van der Waals surface area contributed by atoms with Crippen molar-refractivity contribution in [2.24, 2.45) is 5.92 Å². The van der Waals surface area contributed by atoms with Gasteiger partial charge in [0.2, 0.25) is 11.9 Å². The van der Waals surface area contributed by atoms with Crippen LogP contribution in [0.15, 0.2) is 18.5 Å². The van der Waals surface area contributed by atoms with Crippen molar-refractivity contribution in [3.8, 4) is 5.95 Å². The zero-order chi connectivity index (χ0) is 13.9. The Labute approximate surface area is 117 Å². The number of hydrogen-bond donors (Lipinski definition) is 2. The highest BCUT2D eigenvalue weighted by Gasteiger charge is 2.24. The van der Waals surface area contributed by atoms with E-state index in [9.17, 15) is 0 Å². The molecule has 2 N–H and O–H groups in total. The lowest BCUT2D eigenvalue weighted by Gasteiger charge is -2.17. The normalized spacial score (nSPS) is 21.9. The molecule has 1 aliphatic rings. The summed E-state index contributed by atoms with van der Waals surface area (Å²) >= 11 is 0. The standard InChI is InChI=1S/C13H19N7/c1-9-5-3-6-10(9)16-12-17-11(14-2)18-13(19-12)20-8-4-7-15-20/h4,7-10H,3,5-6H2,1-2H3,(H2,14,16,17,18,19). The first kappa shape index (κ1) is 12.8. The molecular formula is C13H19N7. The van der Waals surface area contributed by atoms with Crippen LogP contribution in [-0.4, -0.2) is 37.8 Å². The fraction of sp³-hybridized carbons (Fsp3) is 0.538. The van der Waals surface area contributed by atoms with Crippen LogP contribution >= 0.6 is 0 Å². The molecule has 3 rings (SSSR count). The summed E-state index contributed by atoms with van der Waals surface area (Å²) in [7, 11) is 1.80. The predicted octanol–water partition coefficient (Wildman–Crippen LogP) is 1.70. The van der Waals surface area contributed by atoms with Gasteiger partial charge in [0, 0.05) is 25.5 Å². The molecular weight excluding hydrogens is 254 g/mol. The molecule has 2 heterocycles. The second-order valence-electron chi connectivity index (χ2n) is 5.14. The Morgan fingerprint density at radius 1 is 1.20 bits per heavy atom. The summed E-state index contributed by atoms with van der Waals surface area (Å²) in [6, 6.07) is 2.28. The Morgan fingerprint density at radius 2 is 2.05 bits per heavy atom. The van der Waals surface area contributed by atoms with Crippen molar-refractivity contribution in [2.75, 3.05) is 17.7 Å². The van der Waals surface area contributed by atoms with E-state index in [4.69, 9.17) is 0 Å². The minimum absolute atomic E-state index is 0.438. The molecule has 0 aromatic carbocycles. The van der Waals surface area contributed by atoms with E-state index in [1.807, 2.05) is 12.3 Å². The van der Waals surface area contributed by atoms with Crippen LogP contribution in [0.2, 0.25) is 0 Å². The number of anilines is 2.